The molecule has 2 aliphatic heterocycles. The number of hydrogen-bond donors (Lipinski definition) is 2. The van der Waals surface area contributed by atoms with Crippen LogP contribution in [0.3, 0.4) is 0 Å². The van der Waals surface area contributed by atoms with Crippen molar-refractivity contribution in [3.05, 3.63) is 108 Å². The smallest absolute Gasteiger partial charge is 0.215 e. The standard InChI is InChI=1S/C34H28N6/c1-3-39-17-7-5-9-31(39)33-29-21-27-15-13-25(36-27)19-23-11-12-24(35-23)20-26-14-16-28(37-26)22-30(38-29)34(33)32-10-6-8-18-40(32)4-2/h5-22H,3-4H2,1-2H3/p+2. The molecule has 6 heteroatoms. The maximum atomic E-state index is 4.94. The molecular formula is C34H30N6+2. The monoisotopic (exact) mass is 522 g/mol. The van der Waals surface area contributed by atoms with Crippen molar-refractivity contribution in [2.75, 3.05) is 0 Å². The maximum absolute atomic E-state index is 4.94. The second-order valence-electron chi connectivity index (χ2n) is 9.98. The first-order chi connectivity index (χ1) is 19.7. The van der Waals surface area contributed by atoms with Gasteiger partial charge in [-0.1, -0.05) is 0 Å². The molecule has 2 N–H and O–H groups in total. The summed E-state index contributed by atoms with van der Waals surface area (Å²) in [5, 5.41) is 0. The zero-order valence-corrected chi connectivity index (χ0v) is 22.6. The Balaban J connectivity index is 1.67. The first kappa shape index (κ1) is 24.0. The second-order valence-corrected chi connectivity index (χ2v) is 9.98. The van der Waals surface area contributed by atoms with Crippen LogP contribution in [-0.4, -0.2) is 19.9 Å². The second kappa shape index (κ2) is 9.89. The van der Waals surface area contributed by atoms with Crippen LogP contribution in [0.2, 0.25) is 0 Å². The van der Waals surface area contributed by atoms with Crippen LogP contribution in [0.15, 0.2) is 85.2 Å². The van der Waals surface area contributed by atoms with Gasteiger partial charge < -0.3 is 9.97 Å². The Morgan fingerprint density at radius 3 is 1.45 bits per heavy atom. The summed E-state index contributed by atoms with van der Waals surface area (Å²) in [7, 11) is 0. The largest absolute Gasteiger partial charge is 0.355 e. The highest BCUT2D eigenvalue weighted by molar-refractivity contribution is 6.00. The SMILES string of the molecule is CC[n+]1ccccc1-c1c(-c2cccc[n+]2CC)c2cc3nc(cc4ccc(cc5nc(cc1[nH]2)C=C5)[nH]4)C=C3. The van der Waals surface area contributed by atoms with Gasteiger partial charge in [0.15, 0.2) is 12.4 Å². The molecule has 6 nitrogen and oxygen atoms in total. The molecule has 0 radical (unpaired) electrons. The van der Waals surface area contributed by atoms with Gasteiger partial charge in [0, 0.05) is 35.3 Å². The summed E-state index contributed by atoms with van der Waals surface area (Å²) in [4.78, 5) is 17.1. The molecule has 40 heavy (non-hydrogen) atoms. The van der Waals surface area contributed by atoms with Crippen molar-refractivity contribution in [1.82, 2.24) is 19.9 Å². The molecule has 0 atom stereocenters. The van der Waals surface area contributed by atoms with Gasteiger partial charge in [0.25, 0.3) is 0 Å². The van der Waals surface area contributed by atoms with Crippen LogP contribution >= 0.6 is 0 Å². The number of fused-ring (bicyclic) bond motifs is 8. The van der Waals surface area contributed by atoms with Crippen LogP contribution in [0, 0.1) is 0 Å². The van der Waals surface area contributed by atoms with E-state index in [1.807, 2.05) is 0 Å². The van der Waals surface area contributed by atoms with Gasteiger partial charge >= 0.3 is 0 Å². The number of nitrogens with one attached hydrogen (secondary N) is 2. The number of aromatic nitrogens is 6. The third-order valence-electron chi connectivity index (χ3n) is 7.42. The summed E-state index contributed by atoms with van der Waals surface area (Å²) in [6, 6.07) is 25.4. The molecule has 0 fully saturated rings. The summed E-state index contributed by atoms with van der Waals surface area (Å²) in [5.74, 6) is 0. The van der Waals surface area contributed by atoms with Crippen molar-refractivity contribution in [3.8, 4) is 22.5 Å². The third kappa shape index (κ3) is 4.33. The lowest BCUT2D eigenvalue weighted by Gasteiger charge is -2.06. The highest BCUT2D eigenvalue weighted by Gasteiger charge is 2.27. The summed E-state index contributed by atoms with van der Waals surface area (Å²) >= 11 is 0. The first-order valence-electron chi connectivity index (χ1n) is 13.8. The average molecular weight is 523 g/mol. The Morgan fingerprint density at radius 1 is 0.550 bits per heavy atom. The van der Waals surface area contributed by atoms with E-state index in [0.717, 1.165) is 80.4 Å². The van der Waals surface area contributed by atoms with Crippen LogP contribution < -0.4 is 9.13 Å². The Labute approximate surface area is 232 Å². The van der Waals surface area contributed by atoms with E-state index in [1.165, 1.54) is 0 Å². The van der Waals surface area contributed by atoms with E-state index >= 15 is 0 Å². The van der Waals surface area contributed by atoms with E-state index in [-0.39, 0.29) is 0 Å². The third-order valence-corrected chi connectivity index (χ3v) is 7.42. The van der Waals surface area contributed by atoms with Gasteiger partial charge in [0.05, 0.1) is 44.9 Å². The van der Waals surface area contributed by atoms with Crippen LogP contribution in [0.25, 0.3) is 68.9 Å². The molecule has 0 spiro atoms. The van der Waals surface area contributed by atoms with Gasteiger partial charge in [-0.3, -0.25) is 0 Å². The number of pyridine rings is 2. The van der Waals surface area contributed by atoms with Gasteiger partial charge in [0.1, 0.15) is 13.1 Å². The van der Waals surface area contributed by atoms with E-state index < -0.39 is 0 Å². The molecule has 5 aromatic rings. The summed E-state index contributed by atoms with van der Waals surface area (Å²) in [6.45, 7) is 6.08. The van der Waals surface area contributed by atoms with Crippen molar-refractivity contribution in [1.29, 1.82) is 0 Å². The predicted octanol–water partition coefficient (Wildman–Crippen LogP) is 6.60. The van der Waals surface area contributed by atoms with Crippen LogP contribution in [-0.2, 0) is 13.1 Å². The Morgan fingerprint density at radius 2 is 1.00 bits per heavy atom. The molecule has 7 heterocycles. The van der Waals surface area contributed by atoms with Crippen molar-refractivity contribution in [2.24, 2.45) is 0 Å². The zero-order valence-electron chi connectivity index (χ0n) is 22.6. The molecule has 0 unspecified atom stereocenters. The van der Waals surface area contributed by atoms with Crippen molar-refractivity contribution in [2.45, 2.75) is 26.9 Å². The molecule has 5 aromatic heterocycles. The van der Waals surface area contributed by atoms with E-state index in [9.17, 15) is 0 Å². The van der Waals surface area contributed by atoms with Gasteiger partial charge in [-0.2, -0.15) is 9.13 Å². The molecule has 2 aliphatic rings. The molecular weight excluding hydrogens is 492 g/mol. The van der Waals surface area contributed by atoms with Gasteiger partial charge in [-0.15, -0.1) is 0 Å². The number of aryl methyl sites for hydroxylation is 2. The lowest BCUT2D eigenvalue weighted by molar-refractivity contribution is -0.684. The fraction of sp³-hybridized carbons (Fsp3) is 0.118. The molecule has 194 valence electrons. The Kier molecular flexibility index (Phi) is 5.93. The molecule has 0 amide bonds. The van der Waals surface area contributed by atoms with E-state index in [1.54, 1.807) is 0 Å². The number of aromatic amines is 2. The van der Waals surface area contributed by atoms with Crippen molar-refractivity contribution < 1.29 is 9.13 Å². The minimum absolute atomic E-state index is 0.858. The molecule has 0 saturated carbocycles. The summed E-state index contributed by atoms with van der Waals surface area (Å²) in [5.41, 5.74) is 12.3. The summed E-state index contributed by atoms with van der Waals surface area (Å²) in [6.07, 6.45) is 12.6. The van der Waals surface area contributed by atoms with Crippen LogP contribution in [0.4, 0.5) is 0 Å². The first-order valence-corrected chi connectivity index (χ1v) is 13.8. The van der Waals surface area contributed by atoms with Crippen LogP contribution in [0.5, 0.6) is 0 Å². The van der Waals surface area contributed by atoms with E-state index in [4.69, 9.17) is 9.97 Å². The Bertz CT molecular complexity index is 1850. The minimum Gasteiger partial charge on any atom is -0.355 e. The van der Waals surface area contributed by atoms with Crippen LogP contribution in [0.1, 0.15) is 36.6 Å². The van der Waals surface area contributed by atoms with Gasteiger partial charge in [0.2, 0.25) is 11.4 Å². The molecule has 0 saturated heterocycles. The topological polar surface area (TPSA) is 65.1 Å². The van der Waals surface area contributed by atoms with Gasteiger partial charge in [-0.25, -0.2) is 9.97 Å². The minimum atomic E-state index is 0.858. The fourth-order valence-electron chi connectivity index (χ4n) is 5.57. The molecule has 7 rings (SSSR count). The summed E-state index contributed by atoms with van der Waals surface area (Å²) < 4.78 is 4.59. The van der Waals surface area contributed by atoms with E-state index in [2.05, 4.69) is 142 Å². The normalized spacial score (nSPS) is 12.2. The van der Waals surface area contributed by atoms with Crippen molar-refractivity contribution in [3.63, 3.8) is 0 Å². The molecule has 0 aromatic carbocycles. The molecule has 0 aliphatic carbocycles. The Hall–Kier alpha value is -5.10. The quantitative estimate of drug-likeness (QED) is 0.256. The number of hydrogen-bond acceptors (Lipinski definition) is 2. The van der Waals surface area contributed by atoms with Gasteiger partial charge in [-0.05, 0) is 86.7 Å². The highest BCUT2D eigenvalue weighted by Crippen LogP contribution is 2.37. The number of nitrogens with zero attached hydrogens (tertiary/aromatic N) is 4. The van der Waals surface area contributed by atoms with Crippen molar-refractivity contribution >= 4 is 46.4 Å². The zero-order chi connectivity index (χ0) is 27.1. The predicted molar refractivity (Wildman–Crippen MR) is 161 cm³/mol. The number of H-pyrrole nitrogens is 2. The lowest BCUT2D eigenvalue weighted by atomic mass is 10.0. The molecule has 8 bridgehead atoms. The maximum Gasteiger partial charge on any atom is 0.215 e. The average Bonchev–Trinajstić information content (AvgIpc) is 3.78. The lowest BCUT2D eigenvalue weighted by Crippen LogP contribution is -2.36. The van der Waals surface area contributed by atoms with E-state index in [0.29, 0.717) is 0 Å². The highest BCUT2D eigenvalue weighted by atomic mass is 15.0. The number of rotatable bonds is 4. The fourth-order valence-corrected chi connectivity index (χ4v) is 5.57.